The van der Waals surface area contributed by atoms with Gasteiger partial charge in [0.2, 0.25) is 0 Å². The zero-order valence-electron chi connectivity index (χ0n) is 8.66. The second kappa shape index (κ2) is 3.32. The molecular weight excluding hydrogens is 164 g/mol. The molecule has 0 unspecified atom stereocenters. The van der Waals surface area contributed by atoms with Crippen LogP contribution in [0, 0.1) is 5.41 Å². The van der Waals surface area contributed by atoms with Gasteiger partial charge in [0, 0.05) is 18.8 Å². The molecule has 0 radical (unpaired) electrons. The summed E-state index contributed by atoms with van der Waals surface area (Å²) < 4.78 is 1.38. The predicted octanol–water partition coefficient (Wildman–Crippen LogP) is 1.37. The molecule has 1 aromatic heterocycles. The van der Waals surface area contributed by atoms with Crippen LogP contribution in [-0.2, 0) is 13.5 Å². The second-order valence-electron chi connectivity index (χ2n) is 4.52. The fourth-order valence-electron chi connectivity index (χ4n) is 1.26. The van der Waals surface area contributed by atoms with Crippen molar-refractivity contribution in [3.8, 4) is 0 Å². The summed E-state index contributed by atoms with van der Waals surface area (Å²) in [4.78, 5) is 11.5. The largest absolute Gasteiger partial charge is 0.269 e. The first kappa shape index (κ1) is 9.96. The van der Waals surface area contributed by atoms with Crippen LogP contribution in [0.2, 0.25) is 0 Å². The van der Waals surface area contributed by atoms with Gasteiger partial charge in [-0.2, -0.15) is 5.10 Å². The van der Waals surface area contributed by atoms with Crippen molar-refractivity contribution in [1.29, 1.82) is 0 Å². The highest BCUT2D eigenvalue weighted by Crippen LogP contribution is 2.17. The van der Waals surface area contributed by atoms with Crippen molar-refractivity contribution >= 4 is 0 Å². The van der Waals surface area contributed by atoms with E-state index in [1.54, 1.807) is 19.3 Å². The third-order valence-electron chi connectivity index (χ3n) is 1.80. The Hall–Kier alpha value is -1.12. The minimum Gasteiger partial charge on any atom is -0.268 e. The summed E-state index contributed by atoms with van der Waals surface area (Å²) in [5.74, 6) is 0. The molecule has 0 N–H and O–H groups in total. The van der Waals surface area contributed by atoms with Gasteiger partial charge in [-0.3, -0.25) is 4.79 Å². The van der Waals surface area contributed by atoms with Gasteiger partial charge in [-0.05, 0) is 17.9 Å². The zero-order chi connectivity index (χ0) is 10.1. The number of nitrogens with zero attached hydrogens (tertiary/aromatic N) is 2. The molecule has 0 atom stereocenters. The van der Waals surface area contributed by atoms with Gasteiger partial charge in [-0.25, -0.2) is 4.68 Å². The van der Waals surface area contributed by atoms with Gasteiger partial charge < -0.3 is 0 Å². The molecule has 72 valence electrons. The van der Waals surface area contributed by atoms with E-state index in [0.29, 0.717) is 0 Å². The number of rotatable bonds is 1. The monoisotopic (exact) mass is 180 g/mol. The van der Waals surface area contributed by atoms with Crippen LogP contribution in [-0.4, -0.2) is 9.78 Å². The molecule has 13 heavy (non-hydrogen) atoms. The van der Waals surface area contributed by atoms with Crippen LogP contribution in [0.25, 0.3) is 0 Å². The molecule has 0 fully saturated rings. The van der Waals surface area contributed by atoms with E-state index in [1.807, 2.05) is 0 Å². The summed E-state index contributed by atoms with van der Waals surface area (Å²) in [6, 6.07) is 1.80. The highest BCUT2D eigenvalue weighted by molar-refractivity contribution is 5.08. The summed E-state index contributed by atoms with van der Waals surface area (Å²) >= 11 is 0. The summed E-state index contributed by atoms with van der Waals surface area (Å²) in [7, 11) is 1.68. The highest BCUT2D eigenvalue weighted by atomic mass is 16.1. The second-order valence-corrected chi connectivity index (χ2v) is 4.52. The molecule has 3 nitrogen and oxygen atoms in total. The normalized spacial score (nSPS) is 11.7. The van der Waals surface area contributed by atoms with E-state index >= 15 is 0 Å². The Bertz CT molecular complexity index is 347. The molecule has 0 aliphatic heterocycles. The average molecular weight is 180 g/mol. The van der Waals surface area contributed by atoms with Crippen molar-refractivity contribution in [2.24, 2.45) is 12.5 Å². The zero-order valence-corrected chi connectivity index (χ0v) is 8.66. The summed E-state index contributed by atoms with van der Waals surface area (Å²) in [6.45, 7) is 6.35. The van der Waals surface area contributed by atoms with Crippen LogP contribution in [0.4, 0.5) is 0 Å². The standard InChI is InChI=1S/C10H16N2O/c1-10(2,3)7-8-5-6-11-12(4)9(8)13/h5-6H,7H2,1-4H3. The van der Waals surface area contributed by atoms with Crippen molar-refractivity contribution in [2.45, 2.75) is 27.2 Å². The summed E-state index contributed by atoms with van der Waals surface area (Å²) in [5, 5.41) is 3.87. The molecule has 1 heterocycles. The fraction of sp³-hybridized carbons (Fsp3) is 0.600. The number of aryl methyl sites for hydroxylation is 1. The lowest BCUT2D eigenvalue weighted by Crippen LogP contribution is -2.25. The maximum atomic E-state index is 11.5. The minimum absolute atomic E-state index is 0.0115. The number of hydrogen-bond donors (Lipinski definition) is 0. The Morgan fingerprint density at radius 3 is 2.62 bits per heavy atom. The summed E-state index contributed by atoms with van der Waals surface area (Å²) in [5.41, 5.74) is 0.996. The maximum Gasteiger partial charge on any atom is 0.269 e. The van der Waals surface area contributed by atoms with Crippen molar-refractivity contribution < 1.29 is 0 Å². The van der Waals surface area contributed by atoms with E-state index in [-0.39, 0.29) is 11.0 Å². The lowest BCUT2D eigenvalue weighted by molar-refractivity contribution is 0.407. The van der Waals surface area contributed by atoms with Crippen LogP contribution in [0.1, 0.15) is 26.3 Å². The van der Waals surface area contributed by atoms with Crippen LogP contribution in [0.3, 0.4) is 0 Å². The molecule has 0 saturated carbocycles. The molecule has 1 aromatic rings. The Morgan fingerprint density at radius 2 is 2.08 bits per heavy atom. The van der Waals surface area contributed by atoms with E-state index in [9.17, 15) is 4.79 Å². The predicted molar refractivity (Wildman–Crippen MR) is 52.6 cm³/mol. The quantitative estimate of drug-likeness (QED) is 0.654. The number of hydrogen-bond acceptors (Lipinski definition) is 2. The van der Waals surface area contributed by atoms with Gasteiger partial charge in [0.25, 0.3) is 5.56 Å². The van der Waals surface area contributed by atoms with Gasteiger partial charge in [0.15, 0.2) is 0 Å². The van der Waals surface area contributed by atoms with Crippen molar-refractivity contribution in [3.05, 3.63) is 28.2 Å². The van der Waals surface area contributed by atoms with E-state index in [4.69, 9.17) is 0 Å². The lowest BCUT2D eigenvalue weighted by atomic mass is 9.89. The maximum absolute atomic E-state index is 11.5. The average Bonchev–Trinajstić information content (AvgIpc) is 1.96. The molecule has 0 aromatic carbocycles. The van der Waals surface area contributed by atoms with Crippen LogP contribution in [0.5, 0.6) is 0 Å². The van der Waals surface area contributed by atoms with E-state index in [1.165, 1.54) is 4.68 Å². The lowest BCUT2D eigenvalue weighted by Gasteiger charge is -2.17. The first-order valence-corrected chi connectivity index (χ1v) is 4.41. The molecule has 1 rings (SSSR count). The molecule has 0 spiro atoms. The third kappa shape index (κ3) is 2.68. The first-order chi connectivity index (χ1) is 5.90. The molecule has 0 bridgehead atoms. The highest BCUT2D eigenvalue weighted by Gasteiger charge is 2.13. The molecule has 3 heteroatoms. The van der Waals surface area contributed by atoms with E-state index in [0.717, 1.165) is 12.0 Å². The Morgan fingerprint density at radius 1 is 1.46 bits per heavy atom. The van der Waals surface area contributed by atoms with Crippen LogP contribution in [0.15, 0.2) is 17.1 Å². The molecule has 0 amide bonds. The van der Waals surface area contributed by atoms with Gasteiger partial charge >= 0.3 is 0 Å². The van der Waals surface area contributed by atoms with E-state index in [2.05, 4.69) is 25.9 Å². The van der Waals surface area contributed by atoms with Gasteiger partial charge in [0.05, 0.1) is 0 Å². The topological polar surface area (TPSA) is 34.9 Å². The van der Waals surface area contributed by atoms with Gasteiger partial charge in [-0.15, -0.1) is 0 Å². The van der Waals surface area contributed by atoms with Crippen LogP contribution < -0.4 is 5.56 Å². The molecular formula is C10H16N2O. The number of aromatic nitrogens is 2. The third-order valence-corrected chi connectivity index (χ3v) is 1.80. The van der Waals surface area contributed by atoms with Crippen molar-refractivity contribution in [2.75, 3.05) is 0 Å². The van der Waals surface area contributed by atoms with E-state index < -0.39 is 0 Å². The molecule has 0 aliphatic rings. The smallest absolute Gasteiger partial charge is 0.268 e. The Kier molecular flexibility index (Phi) is 2.55. The van der Waals surface area contributed by atoms with Crippen molar-refractivity contribution in [3.63, 3.8) is 0 Å². The van der Waals surface area contributed by atoms with Crippen molar-refractivity contribution in [1.82, 2.24) is 9.78 Å². The molecule has 0 aliphatic carbocycles. The SMILES string of the molecule is Cn1nccc(CC(C)(C)C)c1=O. The van der Waals surface area contributed by atoms with Gasteiger partial charge in [0.1, 0.15) is 0 Å². The first-order valence-electron chi connectivity index (χ1n) is 4.41. The Balaban J connectivity index is 3.03. The van der Waals surface area contributed by atoms with Crippen LogP contribution >= 0.6 is 0 Å². The molecule has 0 saturated heterocycles. The fourth-order valence-corrected chi connectivity index (χ4v) is 1.26. The minimum atomic E-state index is 0.0115. The van der Waals surface area contributed by atoms with Gasteiger partial charge in [-0.1, -0.05) is 20.8 Å². The summed E-state index contributed by atoms with van der Waals surface area (Å²) in [6.07, 6.45) is 2.46. The Labute approximate surface area is 78.4 Å².